The Labute approximate surface area is 133 Å². The second kappa shape index (κ2) is 15.0. The van der Waals surface area contributed by atoms with Crippen LogP contribution in [0.25, 0.3) is 0 Å². The summed E-state index contributed by atoms with van der Waals surface area (Å²) < 4.78 is 5.08. The normalized spacial score (nSPS) is 10.9. The van der Waals surface area contributed by atoms with Crippen molar-refractivity contribution in [1.82, 2.24) is 0 Å². The number of nitrogens with zero attached hydrogens (tertiary/aromatic N) is 1. The van der Waals surface area contributed by atoms with Gasteiger partial charge in [0.25, 0.3) is 0 Å². The summed E-state index contributed by atoms with van der Waals surface area (Å²) in [6, 6.07) is 0. The van der Waals surface area contributed by atoms with Gasteiger partial charge in [-0.25, -0.2) is 4.36 Å². The minimum atomic E-state index is 0.142. The highest BCUT2D eigenvalue weighted by Gasteiger charge is 2.00. The quantitative estimate of drug-likeness (QED) is 0.266. The summed E-state index contributed by atoms with van der Waals surface area (Å²) in [5.74, 6) is 2.44. The van der Waals surface area contributed by atoms with E-state index in [1.54, 1.807) is 0 Å². The number of thiocarbonyl (C=S) groups is 1. The largest absolute Gasteiger partial charge is 0.209 e. The molecule has 0 aliphatic heterocycles. The molecule has 0 saturated carbocycles. The zero-order valence-electron chi connectivity index (χ0n) is 12.7. The van der Waals surface area contributed by atoms with Crippen LogP contribution in [0, 0.1) is 0 Å². The van der Waals surface area contributed by atoms with Crippen LogP contribution in [0.5, 0.6) is 0 Å². The lowest BCUT2D eigenvalue weighted by atomic mass is 10.2. The third kappa shape index (κ3) is 14.8. The van der Waals surface area contributed by atoms with Gasteiger partial charge in [0, 0.05) is 11.5 Å². The SMILES string of the molecule is CCCCCCCS(CCCCCCC)=NC(=S)S. The molecule has 0 bridgehead atoms. The molecule has 4 heteroatoms. The van der Waals surface area contributed by atoms with E-state index in [4.69, 9.17) is 12.2 Å². The van der Waals surface area contributed by atoms with E-state index in [1.165, 1.54) is 75.7 Å². The third-order valence-corrected chi connectivity index (χ3v) is 5.58. The first-order valence-corrected chi connectivity index (χ1v) is 10.2. The Morgan fingerprint density at radius 2 is 1.26 bits per heavy atom. The topological polar surface area (TPSA) is 12.4 Å². The van der Waals surface area contributed by atoms with Crippen molar-refractivity contribution in [2.24, 2.45) is 4.36 Å². The van der Waals surface area contributed by atoms with Crippen LogP contribution in [0.4, 0.5) is 0 Å². The van der Waals surface area contributed by atoms with E-state index in [0.29, 0.717) is 4.32 Å². The van der Waals surface area contributed by atoms with Gasteiger partial charge >= 0.3 is 0 Å². The Morgan fingerprint density at radius 1 is 0.842 bits per heavy atom. The van der Waals surface area contributed by atoms with Crippen molar-refractivity contribution >= 4 is 39.9 Å². The molecule has 0 rings (SSSR count). The molecule has 0 aromatic rings. The first kappa shape index (κ1) is 19.6. The summed E-state index contributed by atoms with van der Waals surface area (Å²) >= 11 is 9.18. The second-order valence-electron chi connectivity index (χ2n) is 5.07. The van der Waals surface area contributed by atoms with Gasteiger partial charge in [-0.2, -0.15) is 0 Å². The molecule has 1 nitrogen and oxygen atoms in total. The van der Waals surface area contributed by atoms with Crippen molar-refractivity contribution in [2.75, 3.05) is 11.5 Å². The first-order valence-electron chi connectivity index (χ1n) is 7.83. The maximum absolute atomic E-state index is 5.02. The van der Waals surface area contributed by atoms with Crippen LogP contribution >= 0.6 is 24.8 Å². The summed E-state index contributed by atoms with van der Waals surface area (Å²) in [5.41, 5.74) is 0. The molecule has 0 aliphatic rings. The molecule has 0 N–H and O–H groups in total. The fourth-order valence-corrected chi connectivity index (χ4v) is 4.39. The number of rotatable bonds is 12. The van der Waals surface area contributed by atoms with E-state index in [9.17, 15) is 0 Å². The summed E-state index contributed by atoms with van der Waals surface area (Å²) in [5, 5.41) is 0. The van der Waals surface area contributed by atoms with Gasteiger partial charge in [0.1, 0.15) is 0 Å². The molecule has 19 heavy (non-hydrogen) atoms. The lowest BCUT2D eigenvalue weighted by Crippen LogP contribution is -2.04. The second-order valence-corrected chi connectivity index (χ2v) is 8.11. The lowest BCUT2D eigenvalue weighted by Gasteiger charge is -2.08. The van der Waals surface area contributed by atoms with Crippen LogP contribution in [0.3, 0.4) is 0 Å². The fourth-order valence-electron chi connectivity index (χ4n) is 2.05. The fraction of sp³-hybridized carbons (Fsp3) is 0.933. The van der Waals surface area contributed by atoms with Gasteiger partial charge in [-0.15, -0.1) is 12.6 Å². The molecule has 0 saturated heterocycles. The predicted molar refractivity (Wildman–Crippen MR) is 98.6 cm³/mol. The molecule has 114 valence electrons. The molecule has 0 heterocycles. The van der Waals surface area contributed by atoms with Crippen molar-refractivity contribution in [3.63, 3.8) is 0 Å². The zero-order valence-corrected chi connectivity index (χ0v) is 15.2. The van der Waals surface area contributed by atoms with E-state index >= 15 is 0 Å². The molecular formula is C15H31NS3. The highest BCUT2D eigenvalue weighted by atomic mass is 32.2. The van der Waals surface area contributed by atoms with Gasteiger partial charge in [0.2, 0.25) is 0 Å². The summed E-state index contributed by atoms with van der Waals surface area (Å²) in [7, 11) is 0.142. The van der Waals surface area contributed by atoms with E-state index in [2.05, 4.69) is 30.8 Å². The number of hydrogen-bond acceptors (Lipinski definition) is 1. The smallest absolute Gasteiger partial charge is 0.163 e. The van der Waals surface area contributed by atoms with E-state index in [0.717, 1.165) is 0 Å². The summed E-state index contributed by atoms with van der Waals surface area (Å²) in [6.07, 6.45) is 13.4. The molecule has 0 fully saturated rings. The molecule has 0 atom stereocenters. The Kier molecular flexibility index (Phi) is 15.5. The van der Waals surface area contributed by atoms with E-state index in [1.807, 2.05) is 0 Å². The Hall–Kier alpha value is 0.590. The molecule has 0 radical (unpaired) electrons. The van der Waals surface area contributed by atoms with Gasteiger partial charge in [0.15, 0.2) is 4.32 Å². The van der Waals surface area contributed by atoms with Crippen molar-refractivity contribution in [1.29, 1.82) is 0 Å². The molecule has 0 amide bonds. The Balaban J connectivity index is 3.80. The average molecular weight is 322 g/mol. The monoisotopic (exact) mass is 321 g/mol. The zero-order chi connectivity index (χ0) is 14.3. The van der Waals surface area contributed by atoms with Crippen LogP contribution in [-0.4, -0.2) is 15.8 Å². The van der Waals surface area contributed by atoms with E-state index < -0.39 is 0 Å². The number of thiol groups is 1. The van der Waals surface area contributed by atoms with Crippen LogP contribution in [0.15, 0.2) is 4.36 Å². The molecule has 0 aliphatic carbocycles. The van der Waals surface area contributed by atoms with Gasteiger partial charge in [-0.1, -0.05) is 88.1 Å². The molecule has 0 aromatic heterocycles. The molecule has 0 aromatic carbocycles. The first-order chi connectivity index (χ1) is 9.20. The molecule has 0 unspecified atom stereocenters. The lowest BCUT2D eigenvalue weighted by molar-refractivity contribution is 0.654. The standard InChI is InChI=1S/C15H31NS3/c1-3-5-7-9-11-13-19(16-15(17)18)14-12-10-8-6-4-2/h3-14H2,1-2H3,(H,17,18). The van der Waals surface area contributed by atoms with Crippen molar-refractivity contribution in [3.8, 4) is 0 Å². The third-order valence-electron chi connectivity index (χ3n) is 3.17. The molecular weight excluding hydrogens is 290 g/mol. The maximum Gasteiger partial charge on any atom is 0.163 e. The van der Waals surface area contributed by atoms with Gasteiger partial charge in [0.05, 0.1) is 0 Å². The Morgan fingerprint density at radius 3 is 1.63 bits per heavy atom. The summed E-state index contributed by atoms with van der Waals surface area (Å²) in [4.78, 5) is 0. The Bertz CT molecular complexity index is 236. The van der Waals surface area contributed by atoms with Crippen molar-refractivity contribution < 1.29 is 0 Å². The minimum absolute atomic E-state index is 0.142. The maximum atomic E-state index is 5.02. The van der Waals surface area contributed by atoms with Gasteiger partial charge < -0.3 is 0 Å². The summed E-state index contributed by atoms with van der Waals surface area (Å²) in [6.45, 7) is 4.52. The van der Waals surface area contributed by atoms with Gasteiger partial charge in [-0.05, 0) is 12.8 Å². The number of unbranched alkanes of at least 4 members (excludes halogenated alkanes) is 8. The molecule has 0 spiro atoms. The van der Waals surface area contributed by atoms with Crippen LogP contribution in [0.1, 0.15) is 78.1 Å². The number of hydrogen-bond donors (Lipinski definition) is 1. The van der Waals surface area contributed by atoms with Crippen LogP contribution < -0.4 is 0 Å². The highest BCUT2D eigenvalue weighted by Crippen LogP contribution is 2.09. The van der Waals surface area contributed by atoms with Crippen LogP contribution in [0.2, 0.25) is 0 Å². The van der Waals surface area contributed by atoms with Gasteiger partial charge in [-0.3, -0.25) is 0 Å². The van der Waals surface area contributed by atoms with Crippen molar-refractivity contribution in [2.45, 2.75) is 78.1 Å². The van der Waals surface area contributed by atoms with Crippen molar-refractivity contribution in [3.05, 3.63) is 0 Å². The van der Waals surface area contributed by atoms with E-state index in [-0.39, 0.29) is 10.7 Å². The average Bonchev–Trinajstić information content (AvgIpc) is 2.37. The highest BCUT2D eigenvalue weighted by molar-refractivity contribution is 8.11. The van der Waals surface area contributed by atoms with Crippen LogP contribution in [-0.2, 0) is 10.7 Å². The predicted octanol–water partition coefficient (Wildman–Crippen LogP) is 5.94. The minimum Gasteiger partial charge on any atom is -0.209 e.